The fraction of sp³-hybridized carbons (Fsp3) is 0.333. The summed E-state index contributed by atoms with van der Waals surface area (Å²) in [4.78, 5) is 26.8. The lowest BCUT2D eigenvalue weighted by molar-refractivity contribution is -0.126. The van der Waals surface area contributed by atoms with Crippen molar-refractivity contribution in [2.75, 3.05) is 25.4 Å². The SMILES string of the molecule is CC(=O)c1ccc(SCC(=O)NC2CN(Cc3ccc(Cl)c(Cl)c3)CCO2)cc1. The first-order valence-corrected chi connectivity index (χ1v) is 11.0. The smallest absolute Gasteiger partial charge is 0.232 e. The number of hydrogen-bond donors (Lipinski definition) is 1. The molecule has 1 fully saturated rings. The van der Waals surface area contributed by atoms with Crippen LogP contribution in [0.5, 0.6) is 0 Å². The zero-order valence-electron chi connectivity index (χ0n) is 16.0. The van der Waals surface area contributed by atoms with Gasteiger partial charge in [0.15, 0.2) is 5.78 Å². The molecule has 8 heteroatoms. The third-order valence-corrected chi connectivity index (χ3v) is 6.24. The van der Waals surface area contributed by atoms with Crippen LogP contribution in [0.2, 0.25) is 10.0 Å². The molecule has 1 amide bonds. The van der Waals surface area contributed by atoms with Gasteiger partial charge in [-0.1, -0.05) is 41.4 Å². The molecule has 5 nitrogen and oxygen atoms in total. The van der Waals surface area contributed by atoms with Crippen LogP contribution in [0.25, 0.3) is 0 Å². The van der Waals surface area contributed by atoms with Crippen molar-refractivity contribution in [1.82, 2.24) is 10.2 Å². The van der Waals surface area contributed by atoms with E-state index in [4.69, 9.17) is 27.9 Å². The van der Waals surface area contributed by atoms with E-state index in [0.717, 1.165) is 17.0 Å². The molecule has 3 rings (SSSR count). The number of ketones is 1. The number of halogens is 2. The van der Waals surface area contributed by atoms with Crippen LogP contribution in [0.3, 0.4) is 0 Å². The molecule has 1 heterocycles. The molecule has 0 aliphatic carbocycles. The average molecular weight is 453 g/mol. The van der Waals surface area contributed by atoms with Crippen molar-refractivity contribution in [1.29, 1.82) is 0 Å². The number of nitrogens with one attached hydrogen (secondary N) is 1. The number of rotatable bonds is 7. The van der Waals surface area contributed by atoms with E-state index < -0.39 is 0 Å². The fourth-order valence-electron chi connectivity index (χ4n) is 2.99. The summed E-state index contributed by atoms with van der Waals surface area (Å²) in [5.41, 5.74) is 1.73. The lowest BCUT2D eigenvalue weighted by Gasteiger charge is -2.33. The number of carbonyl (C=O) groups excluding carboxylic acids is 2. The minimum absolute atomic E-state index is 0.0270. The topological polar surface area (TPSA) is 58.6 Å². The van der Waals surface area contributed by atoms with Crippen LogP contribution in [-0.4, -0.2) is 48.3 Å². The van der Waals surface area contributed by atoms with Crippen LogP contribution in [0.15, 0.2) is 47.4 Å². The number of morpholine rings is 1. The van der Waals surface area contributed by atoms with Crippen molar-refractivity contribution in [2.24, 2.45) is 0 Å². The Morgan fingerprint density at radius 2 is 1.93 bits per heavy atom. The molecule has 154 valence electrons. The molecule has 1 saturated heterocycles. The zero-order valence-corrected chi connectivity index (χ0v) is 18.3. The molecule has 1 N–H and O–H groups in total. The highest BCUT2D eigenvalue weighted by Crippen LogP contribution is 2.23. The second-order valence-electron chi connectivity index (χ2n) is 6.78. The Labute approximate surface area is 184 Å². The maximum atomic E-state index is 12.3. The zero-order chi connectivity index (χ0) is 20.8. The van der Waals surface area contributed by atoms with Gasteiger partial charge >= 0.3 is 0 Å². The van der Waals surface area contributed by atoms with Gasteiger partial charge in [0.1, 0.15) is 6.23 Å². The fourth-order valence-corrected chi connectivity index (χ4v) is 4.02. The van der Waals surface area contributed by atoms with Gasteiger partial charge in [-0.25, -0.2) is 0 Å². The highest BCUT2D eigenvalue weighted by atomic mass is 35.5. The van der Waals surface area contributed by atoms with E-state index in [-0.39, 0.29) is 23.7 Å². The van der Waals surface area contributed by atoms with E-state index in [1.807, 2.05) is 24.3 Å². The first-order chi connectivity index (χ1) is 13.9. The Balaban J connectivity index is 1.46. The second kappa shape index (κ2) is 10.5. The molecule has 1 aliphatic heterocycles. The van der Waals surface area contributed by atoms with Crippen molar-refractivity contribution >= 4 is 46.7 Å². The summed E-state index contributed by atoms with van der Waals surface area (Å²) < 4.78 is 5.69. The Morgan fingerprint density at radius 1 is 1.17 bits per heavy atom. The van der Waals surface area contributed by atoms with Crippen molar-refractivity contribution < 1.29 is 14.3 Å². The molecule has 2 aromatic carbocycles. The van der Waals surface area contributed by atoms with E-state index in [1.165, 1.54) is 18.7 Å². The molecule has 1 unspecified atom stereocenters. The van der Waals surface area contributed by atoms with E-state index >= 15 is 0 Å². The van der Waals surface area contributed by atoms with Crippen molar-refractivity contribution in [3.63, 3.8) is 0 Å². The molecular formula is C21H22Cl2N2O3S. The Morgan fingerprint density at radius 3 is 2.62 bits per heavy atom. The Bertz CT molecular complexity index is 877. The molecule has 0 aromatic heterocycles. The third kappa shape index (κ3) is 6.73. The second-order valence-corrected chi connectivity index (χ2v) is 8.64. The molecule has 0 saturated carbocycles. The van der Waals surface area contributed by atoms with Gasteiger partial charge < -0.3 is 10.1 Å². The average Bonchev–Trinajstić information content (AvgIpc) is 2.70. The molecule has 2 aromatic rings. The van der Waals surface area contributed by atoms with Gasteiger partial charge in [0, 0.05) is 30.1 Å². The van der Waals surface area contributed by atoms with Crippen LogP contribution in [0, 0.1) is 0 Å². The minimum atomic E-state index is -0.347. The molecule has 0 spiro atoms. The van der Waals surface area contributed by atoms with Crippen molar-refractivity contribution in [3.05, 3.63) is 63.6 Å². The molecule has 1 aliphatic rings. The van der Waals surface area contributed by atoms with E-state index in [2.05, 4.69) is 10.2 Å². The third-order valence-electron chi connectivity index (χ3n) is 4.49. The van der Waals surface area contributed by atoms with Gasteiger partial charge in [-0.3, -0.25) is 14.5 Å². The van der Waals surface area contributed by atoms with E-state index in [0.29, 0.717) is 35.3 Å². The molecule has 29 heavy (non-hydrogen) atoms. The number of thioether (sulfide) groups is 1. The van der Waals surface area contributed by atoms with Crippen LogP contribution in [0.4, 0.5) is 0 Å². The molecule has 0 bridgehead atoms. The maximum absolute atomic E-state index is 12.3. The van der Waals surface area contributed by atoms with Crippen LogP contribution >= 0.6 is 35.0 Å². The monoisotopic (exact) mass is 452 g/mol. The summed E-state index contributed by atoms with van der Waals surface area (Å²) in [6.45, 7) is 4.17. The lowest BCUT2D eigenvalue weighted by Crippen LogP contribution is -2.50. The number of hydrogen-bond acceptors (Lipinski definition) is 5. The number of nitrogens with zero attached hydrogens (tertiary/aromatic N) is 1. The molecule has 1 atom stereocenters. The highest BCUT2D eigenvalue weighted by molar-refractivity contribution is 8.00. The number of Topliss-reactive ketones (excluding diaryl/α,β-unsaturated/α-hetero) is 1. The van der Waals surface area contributed by atoms with Gasteiger partial charge in [0.05, 0.1) is 22.4 Å². The van der Waals surface area contributed by atoms with Gasteiger partial charge in [-0.15, -0.1) is 11.8 Å². The predicted molar refractivity (Wildman–Crippen MR) is 117 cm³/mol. The first kappa shape index (κ1) is 22.1. The van der Waals surface area contributed by atoms with Crippen LogP contribution in [0.1, 0.15) is 22.8 Å². The summed E-state index contributed by atoms with van der Waals surface area (Å²) in [5, 5.41) is 4.01. The number of benzene rings is 2. The highest BCUT2D eigenvalue weighted by Gasteiger charge is 2.22. The standard InChI is InChI=1S/C21H22Cl2N2O3S/c1-14(26)16-3-5-17(6-4-16)29-13-20(27)24-21-12-25(8-9-28-21)11-15-2-7-18(22)19(23)10-15/h2-7,10,21H,8-9,11-13H2,1H3,(H,24,27). The Kier molecular flexibility index (Phi) is 7.98. The number of carbonyl (C=O) groups is 2. The quantitative estimate of drug-likeness (QED) is 0.502. The van der Waals surface area contributed by atoms with Gasteiger partial charge in [-0.2, -0.15) is 0 Å². The summed E-state index contributed by atoms with van der Waals surface area (Å²) in [6.07, 6.45) is -0.347. The molecule has 0 radical (unpaired) electrons. The summed E-state index contributed by atoms with van der Waals surface area (Å²) in [5.74, 6) is 0.220. The van der Waals surface area contributed by atoms with Gasteiger partial charge in [0.25, 0.3) is 0 Å². The van der Waals surface area contributed by atoms with E-state index in [1.54, 1.807) is 18.2 Å². The number of ether oxygens (including phenoxy) is 1. The van der Waals surface area contributed by atoms with Crippen molar-refractivity contribution in [2.45, 2.75) is 24.6 Å². The van der Waals surface area contributed by atoms with Gasteiger partial charge in [-0.05, 0) is 36.8 Å². The van der Waals surface area contributed by atoms with Gasteiger partial charge in [0.2, 0.25) is 5.91 Å². The summed E-state index contributed by atoms with van der Waals surface area (Å²) in [6, 6.07) is 12.8. The largest absolute Gasteiger partial charge is 0.356 e. The summed E-state index contributed by atoms with van der Waals surface area (Å²) >= 11 is 13.5. The molecular weight excluding hydrogens is 431 g/mol. The number of amides is 1. The minimum Gasteiger partial charge on any atom is -0.356 e. The lowest BCUT2D eigenvalue weighted by atomic mass is 10.2. The maximum Gasteiger partial charge on any atom is 0.232 e. The first-order valence-electron chi connectivity index (χ1n) is 9.22. The Hall–Kier alpha value is -1.57. The van der Waals surface area contributed by atoms with Crippen molar-refractivity contribution in [3.8, 4) is 0 Å². The normalized spacial score (nSPS) is 17.1. The van der Waals surface area contributed by atoms with Crippen LogP contribution < -0.4 is 5.32 Å². The summed E-state index contributed by atoms with van der Waals surface area (Å²) in [7, 11) is 0. The van der Waals surface area contributed by atoms with Crippen LogP contribution in [-0.2, 0) is 16.1 Å². The predicted octanol–water partition coefficient (Wildman–Crippen LogP) is 4.26. The van der Waals surface area contributed by atoms with E-state index in [9.17, 15) is 9.59 Å².